The molecule has 0 bridgehead atoms. The number of hydrogen-bond donors (Lipinski definition) is 1. The topological polar surface area (TPSA) is 105 Å². The second-order valence-electron chi connectivity index (χ2n) is 9.58. The molecule has 9 nitrogen and oxygen atoms in total. The average molecular weight is 546 g/mol. The lowest BCUT2D eigenvalue weighted by atomic mass is 9.95. The summed E-state index contributed by atoms with van der Waals surface area (Å²) in [5, 5.41) is 3.14. The Morgan fingerprint density at radius 1 is 1.03 bits per heavy atom. The van der Waals surface area contributed by atoms with E-state index in [1.54, 1.807) is 43.5 Å². The number of anilines is 1. The molecule has 2 aromatic rings. The lowest BCUT2D eigenvalue weighted by Gasteiger charge is -2.34. The quantitative estimate of drug-likeness (QED) is 0.436. The van der Waals surface area contributed by atoms with Crippen molar-refractivity contribution in [2.75, 3.05) is 31.3 Å². The van der Waals surface area contributed by atoms with E-state index in [4.69, 9.17) is 9.47 Å². The van der Waals surface area contributed by atoms with E-state index in [0.717, 1.165) is 48.2 Å². The normalized spacial score (nSPS) is 14.8. The first-order valence-electron chi connectivity index (χ1n) is 13.0. The number of nitrogens with one attached hydrogen (secondary N) is 1. The zero-order valence-electron chi connectivity index (χ0n) is 22.7. The van der Waals surface area contributed by atoms with Crippen molar-refractivity contribution in [3.05, 3.63) is 54.1 Å². The first-order valence-corrected chi connectivity index (χ1v) is 14.9. The fourth-order valence-electron chi connectivity index (χ4n) is 4.86. The highest BCUT2D eigenvalue weighted by atomic mass is 32.2. The largest absolute Gasteiger partial charge is 0.497 e. The van der Waals surface area contributed by atoms with Gasteiger partial charge in [0.2, 0.25) is 21.8 Å². The minimum absolute atomic E-state index is 0.0835. The molecule has 1 unspecified atom stereocenters. The van der Waals surface area contributed by atoms with Crippen LogP contribution in [0.1, 0.15) is 51.0 Å². The lowest BCUT2D eigenvalue weighted by molar-refractivity contribution is -0.140. The molecule has 0 aromatic heterocycles. The second kappa shape index (κ2) is 13.5. The molecule has 0 spiro atoms. The predicted molar refractivity (Wildman–Crippen MR) is 148 cm³/mol. The van der Waals surface area contributed by atoms with E-state index in [-0.39, 0.29) is 24.2 Å². The van der Waals surface area contributed by atoms with Crippen LogP contribution < -0.4 is 19.1 Å². The summed E-state index contributed by atoms with van der Waals surface area (Å²) in [5.74, 6) is 0.238. The molecule has 10 heteroatoms. The number of hydrogen-bond acceptors (Lipinski definition) is 6. The number of carbonyl (C=O) groups is 2. The van der Waals surface area contributed by atoms with Crippen molar-refractivity contribution in [3.63, 3.8) is 0 Å². The van der Waals surface area contributed by atoms with Gasteiger partial charge in [-0.25, -0.2) is 8.42 Å². The molecular formula is C28H39N3O6S. The molecule has 2 aromatic carbocycles. The van der Waals surface area contributed by atoms with Crippen LogP contribution in [0.25, 0.3) is 0 Å². The maximum atomic E-state index is 13.9. The van der Waals surface area contributed by atoms with Crippen LogP contribution in [0.2, 0.25) is 0 Å². The maximum Gasteiger partial charge on any atom is 0.244 e. The Morgan fingerprint density at radius 2 is 1.74 bits per heavy atom. The Balaban J connectivity index is 1.95. The van der Waals surface area contributed by atoms with Gasteiger partial charge in [0.25, 0.3) is 0 Å². The van der Waals surface area contributed by atoms with Gasteiger partial charge in [-0.15, -0.1) is 0 Å². The van der Waals surface area contributed by atoms with Crippen LogP contribution in [-0.2, 0) is 26.2 Å². The SMILES string of the molecule is CCC(C(=O)NC1CCCCC1)N(Cc1cccc(OC)c1)C(=O)CN(c1ccccc1OC)S(C)(=O)=O. The van der Waals surface area contributed by atoms with Gasteiger partial charge in [-0.1, -0.05) is 50.5 Å². The number of rotatable bonds is 12. The summed E-state index contributed by atoms with van der Waals surface area (Å²) in [7, 11) is -0.848. The first-order chi connectivity index (χ1) is 18.2. The molecule has 1 aliphatic carbocycles. The van der Waals surface area contributed by atoms with E-state index in [9.17, 15) is 18.0 Å². The van der Waals surface area contributed by atoms with E-state index in [1.807, 2.05) is 19.1 Å². The van der Waals surface area contributed by atoms with E-state index in [0.29, 0.717) is 17.9 Å². The molecule has 0 radical (unpaired) electrons. The van der Waals surface area contributed by atoms with Gasteiger partial charge < -0.3 is 19.7 Å². The van der Waals surface area contributed by atoms with E-state index < -0.39 is 28.5 Å². The van der Waals surface area contributed by atoms with Crippen molar-refractivity contribution in [3.8, 4) is 11.5 Å². The Morgan fingerprint density at radius 3 is 2.37 bits per heavy atom. The molecule has 0 heterocycles. The van der Waals surface area contributed by atoms with Crippen LogP contribution in [0.5, 0.6) is 11.5 Å². The van der Waals surface area contributed by atoms with Crippen LogP contribution in [0.4, 0.5) is 5.69 Å². The minimum atomic E-state index is -3.85. The number of benzene rings is 2. The van der Waals surface area contributed by atoms with Gasteiger partial charge in [0.1, 0.15) is 24.1 Å². The summed E-state index contributed by atoms with van der Waals surface area (Å²) in [6.45, 7) is 1.50. The fourth-order valence-corrected chi connectivity index (χ4v) is 5.71. The second-order valence-corrected chi connectivity index (χ2v) is 11.5. The van der Waals surface area contributed by atoms with Crippen molar-refractivity contribution in [1.29, 1.82) is 0 Å². The maximum absolute atomic E-state index is 13.9. The summed E-state index contributed by atoms with van der Waals surface area (Å²) in [6, 6.07) is 13.2. The highest BCUT2D eigenvalue weighted by molar-refractivity contribution is 7.92. The number of ether oxygens (including phenoxy) is 2. The van der Waals surface area contributed by atoms with Crippen molar-refractivity contribution in [2.24, 2.45) is 0 Å². The summed E-state index contributed by atoms with van der Waals surface area (Å²) >= 11 is 0. The van der Waals surface area contributed by atoms with Gasteiger partial charge in [0, 0.05) is 12.6 Å². The number of amides is 2. The minimum Gasteiger partial charge on any atom is -0.497 e. The molecule has 208 valence electrons. The zero-order chi connectivity index (χ0) is 27.7. The molecule has 1 aliphatic rings. The van der Waals surface area contributed by atoms with Crippen LogP contribution in [0, 0.1) is 0 Å². The molecule has 38 heavy (non-hydrogen) atoms. The Labute approximate surface area is 226 Å². The molecule has 1 saturated carbocycles. The van der Waals surface area contributed by atoms with Gasteiger partial charge in [-0.05, 0) is 49.1 Å². The van der Waals surface area contributed by atoms with Gasteiger partial charge >= 0.3 is 0 Å². The third-order valence-electron chi connectivity index (χ3n) is 6.86. The van der Waals surface area contributed by atoms with Gasteiger partial charge in [-0.2, -0.15) is 0 Å². The smallest absolute Gasteiger partial charge is 0.244 e. The van der Waals surface area contributed by atoms with Crippen LogP contribution >= 0.6 is 0 Å². The highest BCUT2D eigenvalue weighted by Gasteiger charge is 2.33. The van der Waals surface area contributed by atoms with Crippen molar-refractivity contribution < 1.29 is 27.5 Å². The van der Waals surface area contributed by atoms with Gasteiger partial charge in [-0.3, -0.25) is 13.9 Å². The van der Waals surface area contributed by atoms with Crippen LogP contribution in [0.15, 0.2) is 48.5 Å². The number of para-hydroxylation sites is 2. The standard InChI is InChI=1S/C28H39N3O6S/c1-5-24(28(33)29-22-13-7-6-8-14-22)30(19-21-12-11-15-23(18-21)36-2)27(32)20-31(38(4,34)35)25-16-9-10-17-26(25)37-3/h9-12,15-18,22,24H,5-8,13-14,19-20H2,1-4H3,(H,29,33). The Hall–Kier alpha value is -3.27. The van der Waals surface area contributed by atoms with E-state index >= 15 is 0 Å². The molecule has 0 saturated heterocycles. The predicted octanol–water partition coefficient (Wildman–Crippen LogP) is 3.73. The summed E-state index contributed by atoms with van der Waals surface area (Å²) in [5.41, 5.74) is 1.02. The van der Waals surface area contributed by atoms with Crippen molar-refractivity contribution in [1.82, 2.24) is 10.2 Å². The molecule has 1 fully saturated rings. The van der Waals surface area contributed by atoms with Gasteiger partial charge in [0.15, 0.2) is 0 Å². The molecule has 1 N–H and O–H groups in total. The number of nitrogens with zero attached hydrogens (tertiary/aromatic N) is 2. The molecule has 1 atom stereocenters. The summed E-state index contributed by atoms with van der Waals surface area (Å²) in [4.78, 5) is 28.8. The average Bonchev–Trinajstić information content (AvgIpc) is 2.91. The van der Waals surface area contributed by atoms with Crippen LogP contribution in [-0.4, -0.2) is 64.2 Å². The third kappa shape index (κ3) is 7.63. The summed E-state index contributed by atoms with van der Waals surface area (Å²) in [6.07, 6.45) is 6.55. The molecule has 0 aliphatic heterocycles. The van der Waals surface area contributed by atoms with Gasteiger partial charge in [0.05, 0.1) is 26.2 Å². The van der Waals surface area contributed by atoms with Crippen molar-refractivity contribution >= 4 is 27.5 Å². The number of sulfonamides is 1. The molecule has 2 amide bonds. The van der Waals surface area contributed by atoms with E-state index in [1.165, 1.54) is 12.0 Å². The van der Waals surface area contributed by atoms with E-state index in [2.05, 4.69) is 5.32 Å². The first kappa shape index (κ1) is 29.3. The molecule has 3 rings (SSSR count). The fraction of sp³-hybridized carbons (Fsp3) is 0.500. The Bertz CT molecular complexity index is 1200. The summed E-state index contributed by atoms with van der Waals surface area (Å²) < 4.78 is 37.4. The van der Waals surface area contributed by atoms with Crippen LogP contribution in [0.3, 0.4) is 0 Å². The van der Waals surface area contributed by atoms with Crippen molar-refractivity contribution in [2.45, 2.75) is 64.1 Å². The Kier molecular flexibility index (Phi) is 10.4. The number of carbonyl (C=O) groups excluding carboxylic acids is 2. The third-order valence-corrected chi connectivity index (χ3v) is 7.98. The monoisotopic (exact) mass is 545 g/mol. The highest BCUT2D eigenvalue weighted by Crippen LogP contribution is 2.30. The molecular weight excluding hydrogens is 506 g/mol. The lowest BCUT2D eigenvalue weighted by Crippen LogP contribution is -2.54. The zero-order valence-corrected chi connectivity index (χ0v) is 23.5. The number of methoxy groups -OCH3 is 2.